The molecule has 0 aromatic carbocycles. The zero-order valence-corrected chi connectivity index (χ0v) is 16.3. The zero-order chi connectivity index (χ0) is 14.0. The zero-order valence-electron chi connectivity index (χ0n) is 13.3. The highest BCUT2D eigenvalue weighted by Gasteiger charge is 2.49. The summed E-state index contributed by atoms with van der Waals surface area (Å²) in [5.74, 6) is 0. The van der Waals surface area contributed by atoms with Crippen molar-refractivity contribution >= 4 is 24.1 Å². The third-order valence-corrected chi connectivity index (χ3v) is 27.8. The van der Waals surface area contributed by atoms with Gasteiger partial charge >= 0.3 is 0 Å². The summed E-state index contributed by atoms with van der Waals surface area (Å²) in [6.45, 7) is 21.3. The van der Waals surface area contributed by atoms with Crippen molar-refractivity contribution in [2.24, 2.45) is 5.40 Å². The predicted octanol–water partition coefficient (Wildman–Crippen LogP) is 2.95. The molecule has 0 amide bonds. The van der Waals surface area contributed by atoms with E-state index in [0.717, 1.165) is 14.6 Å². The second kappa shape index (κ2) is 6.14. The van der Waals surface area contributed by atoms with Crippen molar-refractivity contribution in [3.8, 4) is 0 Å². The molecule has 1 atom stereocenters. The molecule has 0 aromatic rings. The van der Waals surface area contributed by atoms with Crippen LogP contribution in [0.15, 0.2) is 0 Å². The topological polar surface area (TPSA) is 29.3 Å². The number of hydrogen-bond acceptors (Lipinski definition) is 2. The molecular formula is C12H32N2Si3. The lowest BCUT2D eigenvalue weighted by Gasteiger charge is -2.51. The first-order chi connectivity index (χ1) is 7.43. The lowest BCUT2D eigenvalue weighted by Crippen LogP contribution is -2.81. The Balaban J connectivity index is 5.42. The van der Waals surface area contributed by atoms with Gasteiger partial charge in [-0.15, -0.1) is 0 Å². The molecular weight excluding hydrogens is 256 g/mol. The summed E-state index contributed by atoms with van der Waals surface area (Å²) in [6, 6.07) is 1.15. The molecule has 2 radical (unpaired) electrons. The Hall–Kier alpha value is 0.571. The lowest BCUT2D eigenvalue weighted by atomic mass is 10.3. The van der Waals surface area contributed by atoms with Gasteiger partial charge in [0.25, 0.3) is 0 Å². The Morgan fingerprint density at radius 2 is 1.24 bits per heavy atom. The smallest absolute Gasteiger partial charge is 0.168 e. The Labute approximate surface area is 113 Å². The van der Waals surface area contributed by atoms with E-state index in [1.54, 1.807) is 0 Å². The normalized spacial score (nSPS) is 17.3. The highest BCUT2D eigenvalue weighted by atomic mass is 29.6. The van der Waals surface area contributed by atoms with Gasteiger partial charge in [-0.3, -0.25) is 0 Å². The molecule has 2 nitrogen and oxygen atoms in total. The van der Waals surface area contributed by atoms with Crippen molar-refractivity contribution in [2.45, 2.75) is 78.8 Å². The van der Waals surface area contributed by atoms with E-state index in [2.05, 4.69) is 65.7 Å². The molecule has 0 rings (SSSR count). The van der Waals surface area contributed by atoms with Gasteiger partial charge in [0, 0.05) is 0 Å². The second-order valence-corrected chi connectivity index (χ2v) is 26.3. The minimum absolute atomic E-state index is 0.574. The summed E-state index contributed by atoms with van der Waals surface area (Å²) in [4.78, 5) is 0. The van der Waals surface area contributed by atoms with Crippen LogP contribution in [0.1, 0.15) is 41.5 Å². The van der Waals surface area contributed by atoms with E-state index in [0.29, 0.717) is 12.1 Å². The van der Waals surface area contributed by atoms with Gasteiger partial charge in [-0.1, -0.05) is 66.7 Å². The van der Waals surface area contributed by atoms with Crippen molar-refractivity contribution in [2.75, 3.05) is 0 Å². The quantitative estimate of drug-likeness (QED) is 0.762. The highest BCUT2D eigenvalue weighted by molar-refractivity contribution is 7.58. The molecule has 17 heavy (non-hydrogen) atoms. The van der Waals surface area contributed by atoms with Gasteiger partial charge in [-0.2, -0.15) is 0 Å². The van der Waals surface area contributed by atoms with Crippen molar-refractivity contribution in [1.82, 2.24) is 4.57 Å². The molecule has 0 aliphatic heterocycles. The Morgan fingerprint density at radius 1 is 0.882 bits per heavy atom. The third kappa shape index (κ3) is 4.31. The van der Waals surface area contributed by atoms with Crippen molar-refractivity contribution in [3.05, 3.63) is 0 Å². The van der Waals surface area contributed by atoms with E-state index in [4.69, 9.17) is 5.40 Å². The van der Waals surface area contributed by atoms with Crippen molar-refractivity contribution in [3.63, 3.8) is 0 Å². The van der Waals surface area contributed by atoms with Gasteiger partial charge in [0.2, 0.25) is 0 Å². The van der Waals surface area contributed by atoms with E-state index in [-0.39, 0.29) is 0 Å². The molecule has 0 heterocycles. The first kappa shape index (κ1) is 17.6. The summed E-state index contributed by atoms with van der Waals surface area (Å²) in [6.07, 6.45) is 0. The van der Waals surface area contributed by atoms with Crippen LogP contribution in [-0.4, -0.2) is 40.7 Å². The van der Waals surface area contributed by atoms with Crippen LogP contribution in [0.2, 0.25) is 25.2 Å². The predicted molar refractivity (Wildman–Crippen MR) is 86.3 cm³/mol. The lowest BCUT2D eigenvalue weighted by molar-refractivity contribution is 0.303. The third-order valence-electron chi connectivity index (χ3n) is 3.17. The summed E-state index contributed by atoms with van der Waals surface area (Å²) in [5.41, 5.74) is 0.735. The Kier molecular flexibility index (Phi) is 6.35. The standard InChI is InChI=1S/C12H32N2Si3/c1-10(2)14(11(3)4)17(13,15-12(5)6)16(7,8)9/h10-12H,13H2,1-9H3. The number of hydrogen-bond donors (Lipinski definition) is 1. The molecule has 102 valence electrons. The summed E-state index contributed by atoms with van der Waals surface area (Å²) >= 11 is 0. The number of nitrogens with two attached hydrogens (primary N) is 1. The van der Waals surface area contributed by atoms with Crippen LogP contribution < -0.4 is 5.40 Å². The molecule has 2 N–H and O–H groups in total. The average Bonchev–Trinajstić information content (AvgIpc) is 1.97. The van der Waals surface area contributed by atoms with Crippen LogP contribution in [0.3, 0.4) is 0 Å². The van der Waals surface area contributed by atoms with Crippen LogP contribution in [0, 0.1) is 0 Å². The van der Waals surface area contributed by atoms with Gasteiger partial charge in [-0.05, 0) is 12.1 Å². The maximum absolute atomic E-state index is 7.06. The maximum atomic E-state index is 7.06. The minimum Gasteiger partial charge on any atom is -0.344 e. The monoisotopic (exact) mass is 288 g/mol. The number of nitrogens with zero attached hydrogens (tertiary/aromatic N) is 1. The largest absolute Gasteiger partial charge is 0.344 e. The van der Waals surface area contributed by atoms with E-state index >= 15 is 0 Å². The highest BCUT2D eigenvalue weighted by Crippen LogP contribution is 2.25. The Morgan fingerprint density at radius 3 is 1.41 bits per heavy atom. The SMILES string of the molecule is CC(C)[Si][Si](N)(N(C(C)C)C(C)C)[Si](C)(C)C. The molecule has 0 aliphatic carbocycles. The van der Waals surface area contributed by atoms with Crippen LogP contribution in [-0.2, 0) is 0 Å². The Bertz CT molecular complexity index is 228. The van der Waals surface area contributed by atoms with E-state index in [9.17, 15) is 0 Å². The first-order valence-corrected chi connectivity index (χ1v) is 15.4. The van der Waals surface area contributed by atoms with Gasteiger partial charge in [0.05, 0.1) is 16.6 Å². The van der Waals surface area contributed by atoms with E-state index < -0.39 is 15.0 Å². The van der Waals surface area contributed by atoms with Gasteiger partial charge in [-0.25, -0.2) is 0 Å². The fourth-order valence-electron chi connectivity index (χ4n) is 2.53. The fourth-order valence-corrected chi connectivity index (χ4v) is 22.7. The average molecular weight is 289 g/mol. The van der Waals surface area contributed by atoms with E-state index in [1.807, 2.05) is 0 Å². The molecule has 0 saturated heterocycles. The number of rotatable bonds is 6. The molecule has 5 heteroatoms. The van der Waals surface area contributed by atoms with Crippen LogP contribution in [0.4, 0.5) is 0 Å². The molecule has 0 aromatic heterocycles. The molecule has 0 aliphatic rings. The van der Waals surface area contributed by atoms with Gasteiger partial charge in [0.15, 0.2) is 7.43 Å². The summed E-state index contributed by atoms with van der Waals surface area (Å²) in [7, 11) is -2.12. The molecule has 0 bridgehead atoms. The van der Waals surface area contributed by atoms with E-state index in [1.165, 1.54) is 0 Å². The second-order valence-electron chi connectivity index (χ2n) is 6.91. The van der Waals surface area contributed by atoms with Crippen LogP contribution in [0.5, 0.6) is 0 Å². The fraction of sp³-hybridized carbons (Fsp3) is 1.00. The maximum Gasteiger partial charge on any atom is 0.168 e. The van der Waals surface area contributed by atoms with Crippen LogP contribution in [0.25, 0.3) is 0 Å². The van der Waals surface area contributed by atoms with Crippen LogP contribution >= 0.6 is 0 Å². The molecule has 0 spiro atoms. The minimum atomic E-state index is -1.77. The van der Waals surface area contributed by atoms with Gasteiger partial charge < -0.3 is 9.96 Å². The van der Waals surface area contributed by atoms with Gasteiger partial charge in [0.1, 0.15) is 0 Å². The molecule has 1 unspecified atom stereocenters. The first-order valence-electron chi connectivity index (χ1n) is 6.78. The molecule has 0 saturated carbocycles. The van der Waals surface area contributed by atoms with Crippen molar-refractivity contribution < 1.29 is 0 Å². The summed E-state index contributed by atoms with van der Waals surface area (Å²) in [5, 5.41) is 7.06. The van der Waals surface area contributed by atoms with Crippen molar-refractivity contribution in [1.29, 1.82) is 0 Å². The summed E-state index contributed by atoms with van der Waals surface area (Å²) < 4.78 is 2.69. The molecule has 0 fully saturated rings.